The molecule has 0 saturated carbocycles. The number of aryl methyl sites for hydroxylation is 1. The lowest BCUT2D eigenvalue weighted by atomic mass is 10.2. The maximum atomic E-state index is 8.83. The van der Waals surface area contributed by atoms with E-state index in [0.29, 0.717) is 6.42 Å². The third-order valence-corrected chi connectivity index (χ3v) is 2.65. The summed E-state index contributed by atoms with van der Waals surface area (Å²) in [7, 11) is 0. The number of allylic oxidation sites excluding steroid dienone is 1. The van der Waals surface area contributed by atoms with Crippen molar-refractivity contribution in [2.45, 2.75) is 26.8 Å². The summed E-state index contributed by atoms with van der Waals surface area (Å²) in [6.07, 6.45) is 0.334. The molecule has 0 aliphatic rings. The molecular weight excluding hydrogens is 210 g/mol. The van der Waals surface area contributed by atoms with Crippen LogP contribution in [-0.4, -0.2) is 9.55 Å². The third kappa shape index (κ3) is 2.21. The first-order valence-electron chi connectivity index (χ1n) is 5.59. The van der Waals surface area contributed by atoms with Gasteiger partial charge in [0, 0.05) is 6.54 Å². The molecule has 1 heterocycles. The van der Waals surface area contributed by atoms with Crippen LogP contribution in [0.3, 0.4) is 0 Å². The number of aromatic nitrogens is 2. The number of fused-ring (bicyclic) bond motifs is 1. The standard InChI is InChI=1S/C14H15N3/c1-10(2)9-17-13-5-4-11(3)8-12(13)16-14(17)6-7-15/h4-5,8H,1,6,9H2,2-3H3. The van der Waals surface area contributed by atoms with E-state index in [2.05, 4.69) is 34.3 Å². The number of rotatable bonds is 3. The summed E-state index contributed by atoms with van der Waals surface area (Å²) >= 11 is 0. The second-order valence-corrected chi connectivity index (χ2v) is 4.40. The summed E-state index contributed by atoms with van der Waals surface area (Å²) < 4.78 is 2.07. The molecule has 1 aromatic carbocycles. The van der Waals surface area contributed by atoms with Gasteiger partial charge < -0.3 is 4.57 Å². The molecule has 0 saturated heterocycles. The van der Waals surface area contributed by atoms with Gasteiger partial charge in [-0.2, -0.15) is 5.26 Å². The predicted octanol–water partition coefficient (Wildman–Crippen LogP) is 2.99. The largest absolute Gasteiger partial charge is 0.323 e. The van der Waals surface area contributed by atoms with Crippen molar-refractivity contribution in [2.24, 2.45) is 0 Å². The van der Waals surface area contributed by atoms with E-state index in [1.807, 2.05) is 19.9 Å². The summed E-state index contributed by atoms with van der Waals surface area (Å²) in [4.78, 5) is 4.52. The monoisotopic (exact) mass is 225 g/mol. The molecule has 3 heteroatoms. The first-order chi connectivity index (χ1) is 8.11. The van der Waals surface area contributed by atoms with Crippen molar-refractivity contribution in [2.75, 3.05) is 0 Å². The van der Waals surface area contributed by atoms with Crippen LogP contribution in [0.2, 0.25) is 0 Å². The van der Waals surface area contributed by atoms with E-state index in [9.17, 15) is 0 Å². The van der Waals surface area contributed by atoms with Crippen LogP contribution in [0.5, 0.6) is 0 Å². The Balaban J connectivity index is 2.63. The van der Waals surface area contributed by atoms with Crippen LogP contribution < -0.4 is 0 Å². The lowest BCUT2D eigenvalue weighted by molar-refractivity contribution is 0.759. The van der Waals surface area contributed by atoms with Gasteiger partial charge in [-0.3, -0.25) is 0 Å². The molecule has 0 aliphatic carbocycles. The molecule has 0 N–H and O–H groups in total. The van der Waals surface area contributed by atoms with E-state index in [4.69, 9.17) is 5.26 Å². The number of nitriles is 1. The summed E-state index contributed by atoms with van der Waals surface area (Å²) in [5.74, 6) is 0.816. The number of benzene rings is 1. The summed E-state index contributed by atoms with van der Waals surface area (Å²) in [5, 5.41) is 8.83. The highest BCUT2D eigenvalue weighted by Crippen LogP contribution is 2.19. The van der Waals surface area contributed by atoms with Gasteiger partial charge in [-0.15, -0.1) is 0 Å². The maximum Gasteiger partial charge on any atom is 0.124 e. The van der Waals surface area contributed by atoms with E-state index in [1.54, 1.807) is 0 Å². The minimum absolute atomic E-state index is 0.334. The topological polar surface area (TPSA) is 41.6 Å². The molecular formula is C14H15N3. The summed E-state index contributed by atoms with van der Waals surface area (Å²) in [5.41, 5.74) is 4.27. The Morgan fingerprint density at radius 2 is 2.29 bits per heavy atom. The molecule has 0 unspecified atom stereocenters. The fourth-order valence-corrected chi connectivity index (χ4v) is 1.94. The Bertz CT molecular complexity index is 614. The van der Waals surface area contributed by atoms with Crippen LogP contribution in [0, 0.1) is 18.3 Å². The molecule has 2 aromatic rings. The van der Waals surface area contributed by atoms with E-state index >= 15 is 0 Å². The minimum Gasteiger partial charge on any atom is -0.323 e. The molecule has 1 aromatic heterocycles. The molecule has 0 atom stereocenters. The van der Waals surface area contributed by atoms with E-state index in [0.717, 1.165) is 29.0 Å². The molecule has 0 amide bonds. The normalized spacial score (nSPS) is 10.4. The highest BCUT2D eigenvalue weighted by molar-refractivity contribution is 5.77. The quantitative estimate of drug-likeness (QED) is 0.753. The number of nitrogens with zero attached hydrogens (tertiary/aromatic N) is 3. The Hall–Kier alpha value is -2.08. The number of imidazole rings is 1. The Morgan fingerprint density at radius 1 is 1.53 bits per heavy atom. The second-order valence-electron chi connectivity index (χ2n) is 4.40. The molecule has 2 rings (SSSR count). The van der Waals surface area contributed by atoms with Gasteiger partial charge in [-0.25, -0.2) is 4.98 Å². The van der Waals surface area contributed by atoms with Gasteiger partial charge in [-0.1, -0.05) is 18.2 Å². The zero-order chi connectivity index (χ0) is 12.4. The molecule has 0 aliphatic heterocycles. The number of hydrogen-bond donors (Lipinski definition) is 0. The average molecular weight is 225 g/mol. The zero-order valence-corrected chi connectivity index (χ0v) is 10.2. The first-order valence-corrected chi connectivity index (χ1v) is 5.59. The smallest absolute Gasteiger partial charge is 0.124 e. The van der Waals surface area contributed by atoms with Crippen molar-refractivity contribution in [3.05, 3.63) is 41.7 Å². The van der Waals surface area contributed by atoms with Gasteiger partial charge in [0.1, 0.15) is 5.82 Å². The van der Waals surface area contributed by atoms with Crippen molar-refractivity contribution < 1.29 is 0 Å². The fourth-order valence-electron chi connectivity index (χ4n) is 1.94. The molecule has 0 spiro atoms. The maximum absolute atomic E-state index is 8.83. The third-order valence-electron chi connectivity index (χ3n) is 2.65. The predicted molar refractivity (Wildman–Crippen MR) is 68.6 cm³/mol. The van der Waals surface area contributed by atoms with Gasteiger partial charge in [0.05, 0.1) is 23.5 Å². The van der Waals surface area contributed by atoms with Crippen LogP contribution >= 0.6 is 0 Å². The lowest BCUT2D eigenvalue weighted by Gasteiger charge is -2.06. The van der Waals surface area contributed by atoms with Gasteiger partial charge in [0.2, 0.25) is 0 Å². The molecule has 0 fully saturated rings. The summed E-state index contributed by atoms with van der Waals surface area (Å²) in [6.45, 7) is 8.67. The van der Waals surface area contributed by atoms with Gasteiger partial charge in [0.25, 0.3) is 0 Å². The molecule has 17 heavy (non-hydrogen) atoms. The lowest BCUT2D eigenvalue weighted by Crippen LogP contribution is -2.03. The van der Waals surface area contributed by atoms with Crippen molar-refractivity contribution >= 4 is 11.0 Å². The van der Waals surface area contributed by atoms with Crippen molar-refractivity contribution in [3.63, 3.8) is 0 Å². The van der Waals surface area contributed by atoms with Gasteiger partial charge in [0.15, 0.2) is 0 Å². The Labute approximate surface area is 101 Å². The molecule has 0 bridgehead atoms. The highest BCUT2D eigenvalue weighted by Gasteiger charge is 2.10. The van der Waals surface area contributed by atoms with Crippen LogP contribution in [0.1, 0.15) is 18.3 Å². The minimum atomic E-state index is 0.334. The SMILES string of the molecule is C=C(C)Cn1c(CC#N)nc2cc(C)ccc21. The molecule has 86 valence electrons. The highest BCUT2D eigenvalue weighted by atomic mass is 15.1. The number of hydrogen-bond acceptors (Lipinski definition) is 2. The molecule has 3 nitrogen and oxygen atoms in total. The fraction of sp³-hybridized carbons (Fsp3) is 0.286. The van der Waals surface area contributed by atoms with Crippen LogP contribution in [-0.2, 0) is 13.0 Å². The van der Waals surface area contributed by atoms with Crippen molar-refractivity contribution in [1.82, 2.24) is 9.55 Å². The van der Waals surface area contributed by atoms with Gasteiger partial charge in [-0.05, 0) is 31.5 Å². The Morgan fingerprint density at radius 3 is 2.94 bits per heavy atom. The van der Waals surface area contributed by atoms with Gasteiger partial charge >= 0.3 is 0 Å². The molecule has 0 radical (unpaired) electrons. The van der Waals surface area contributed by atoms with E-state index < -0.39 is 0 Å². The average Bonchev–Trinajstić information content (AvgIpc) is 2.56. The zero-order valence-electron chi connectivity index (χ0n) is 10.2. The summed E-state index contributed by atoms with van der Waals surface area (Å²) in [6, 6.07) is 8.33. The van der Waals surface area contributed by atoms with E-state index in [1.165, 1.54) is 5.56 Å². The van der Waals surface area contributed by atoms with Crippen molar-refractivity contribution in [1.29, 1.82) is 5.26 Å². The van der Waals surface area contributed by atoms with Crippen LogP contribution in [0.25, 0.3) is 11.0 Å². The van der Waals surface area contributed by atoms with Crippen LogP contribution in [0.4, 0.5) is 0 Å². The van der Waals surface area contributed by atoms with Crippen LogP contribution in [0.15, 0.2) is 30.4 Å². The Kier molecular flexibility index (Phi) is 2.97. The van der Waals surface area contributed by atoms with Crippen molar-refractivity contribution in [3.8, 4) is 6.07 Å². The first kappa shape index (κ1) is 11.4. The second kappa shape index (κ2) is 4.42. The van der Waals surface area contributed by atoms with E-state index in [-0.39, 0.29) is 0 Å².